The van der Waals surface area contributed by atoms with Gasteiger partial charge < -0.3 is 9.64 Å². The first-order chi connectivity index (χ1) is 11.1. The number of benzene rings is 1. The molecule has 0 N–H and O–H groups in total. The molecular weight excluding hydrogens is 313 g/mol. The lowest BCUT2D eigenvalue weighted by atomic mass is 9.90. The Hall–Kier alpha value is -1.49. The van der Waals surface area contributed by atoms with Crippen LogP contribution < -0.4 is 0 Å². The molecule has 0 spiro atoms. The number of hydrogen-bond acceptors (Lipinski definition) is 3. The summed E-state index contributed by atoms with van der Waals surface area (Å²) in [5.74, 6) is 2.05. The Morgan fingerprint density at radius 3 is 2.87 bits per heavy atom. The van der Waals surface area contributed by atoms with E-state index < -0.39 is 0 Å². The van der Waals surface area contributed by atoms with Crippen molar-refractivity contribution >= 4 is 17.7 Å². The van der Waals surface area contributed by atoms with Gasteiger partial charge >= 0.3 is 0 Å². The fourth-order valence-electron chi connectivity index (χ4n) is 3.20. The van der Waals surface area contributed by atoms with Gasteiger partial charge in [0.15, 0.2) is 0 Å². The van der Waals surface area contributed by atoms with Crippen LogP contribution in [0.3, 0.4) is 0 Å². The van der Waals surface area contributed by atoms with E-state index in [4.69, 9.17) is 4.74 Å². The van der Waals surface area contributed by atoms with E-state index in [2.05, 4.69) is 0 Å². The molecule has 0 unspecified atom stereocenters. The summed E-state index contributed by atoms with van der Waals surface area (Å²) in [5, 5.41) is 0. The van der Waals surface area contributed by atoms with E-state index in [0.717, 1.165) is 54.3 Å². The van der Waals surface area contributed by atoms with E-state index in [1.807, 2.05) is 17.9 Å². The van der Waals surface area contributed by atoms with E-state index in [-0.39, 0.29) is 11.7 Å². The van der Waals surface area contributed by atoms with Crippen LogP contribution >= 0.6 is 11.8 Å². The van der Waals surface area contributed by atoms with Crippen LogP contribution in [0.15, 0.2) is 34.9 Å². The number of ether oxygens (including phenoxy) is 1. The average molecular weight is 335 g/mol. The van der Waals surface area contributed by atoms with E-state index >= 15 is 0 Å². The lowest BCUT2D eigenvalue weighted by Crippen LogP contribution is -2.40. The van der Waals surface area contributed by atoms with Gasteiger partial charge in [0.25, 0.3) is 5.91 Å². The quantitative estimate of drug-likeness (QED) is 0.845. The van der Waals surface area contributed by atoms with Crippen LogP contribution in [0.5, 0.6) is 0 Å². The van der Waals surface area contributed by atoms with E-state index in [0.29, 0.717) is 12.5 Å². The number of allylic oxidation sites excluding steroid dienone is 1. The van der Waals surface area contributed by atoms with Crippen LogP contribution in [-0.4, -0.2) is 36.3 Å². The molecule has 3 rings (SSSR count). The lowest BCUT2D eigenvalue weighted by molar-refractivity contribution is -0.128. The van der Waals surface area contributed by atoms with Gasteiger partial charge in [0.05, 0.1) is 6.61 Å². The molecule has 2 heterocycles. The molecule has 1 fully saturated rings. The van der Waals surface area contributed by atoms with Gasteiger partial charge in [-0.25, -0.2) is 4.39 Å². The topological polar surface area (TPSA) is 29.5 Å². The van der Waals surface area contributed by atoms with Crippen molar-refractivity contribution in [3.8, 4) is 0 Å². The van der Waals surface area contributed by atoms with Crippen LogP contribution in [0, 0.1) is 11.7 Å². The summed E-state index contributed by atoms with van der Waals surface area (Å²) >= 11 is 1.60. The first-order valence-corrected chi connectivity index (χ1v) is 9.12. The number of thioether (sulfide) groups is 1. The second-order valence-corrected chi connectivity index (χ2v) is 7.26. The van der Waals surface area contributed by atoms with Crippen molar-refractivity contribution in [2.24, 2.45) is 5.92 Å². The van der Waals surface area contributed by atoms with Gasteiger partial charge in [0.1, 0.15) is 16.5 Å². The van der Waals surface area contributed by atoms with Gasteiger partial charge in [-0.2, -0.15) is 0 Å². The minimum Gasteiger partial charge on any atom is -0.496 e. The zero-order valence-electron chi connectivity index (χ0n) is 13.4. The Balaban J connectivity index is 1.55. The number of halogens is 1. The van der Waals surface area contributed by atoms with Gasteiger partial charge in [-0.15, -0.1) is 11.8 Å². The van der Waals surface area contributed by atoms with Crippen LogP contribution in [-0.2, 0) is 16.0 Å². The number of amides is 1. The summed E-state index contributed by atoms with van der Waals surface area (Å²) < 4.78 is 18.7. The molecule has 0 aliphatic carbocycles. The van der Waals surface area contributed by atoms with Crippen molar-refractivity contribution in [1.82, 2.24) is 4.90 Å². The van der Waals surface area contributed by atoms with Crippen LogP contribution in [0.4, 0.5) is 4.39 Å². The molecule has 5 heteroatoms. The second kappa shape index (κ2) is 7.39. The fourth-order valence-corrected chi connectivity index (χ4v) is 4.08. The highest BCUT2D eigenvalue weighted by Crippen LogP contribution is 2.29. The third-order valence-electron chi connectivity index (χ3n) is 4.48. The fraction of sp³-hybridized carbons (Fsp3) is 0.500. The number of rotatable bonds is 3. The molecule has 0 radical (unpaired) electrons. The maximum Gasteiger partial charge on any atom is 0.263 e. The number of piperidine rings is 1. The molecule has 3 nitrogen and oxygen atoms in total. The molecule has 1 amide bonds. The molecular formula is C18H22FNO2S. The van der Waals surface area contributed by atoms with Crippen LogP contribution in [0.1, 0.15) is 25.3 Å². The van der Waals surface area contributed by atoms with Crippen molar-refractivity contribution in [3.63, 3.8) is 0 Å². The minimum absolute atomic E-state index is 0.108. The van der Waals surface area contributed by atoms with Crippen molar-refractivity contribution in [1.29, 1.82) is 0 Å². The zero-order chi connectivity index (χ0) is 16.2. The second-order valence-electron chi connectivity index (χ2n) is 6.15. The van der Waals surface area contributed by atoms with Gasteiger partial charge in [-0.3, -0.25) is 4.79 Å². The van der Waals surface area contributed by atoms with E-state index in [1.54, 1.807) is 23.9 Å². The highest BCUT2D eigenvalue weighted by atomic mass is 32.2. The lowest BCUT2D eigenvalue weighted by Gasteiger charge is -2.33. The molecule has 124 valence electrons. The third-order valence-corrected chi connectivity index (χ3v) is 5.60. The summed E-state index contributed by atoms with van der Waals surface area (Å²) in [4.78, 5) is 15.3. The molecule has 0 aromatic heterocycles. The Morgan fingerprint density at radius 2 is 2.17 bits per heavy atom. The molecule has 1 aromatic rings. The summed E-state index contributed by atoms with van der Waals surface area (Å²) in [5.41, 5.74) is 1.05. The molecule has 0 atom stereocenters. The molecule has 2 aliphatic rings. The summed E-state index contributed by atoms with van der Waals surface area (Å²) in [7, 11) is 0. The van der Waals surface area contributed by atoms with Gasteiger partial charge in [-0.05, 0) is 49.8 Å². The van der Waals surface area contributed by atoms with Crippen molar-refractivity contribution in [3.05, 3.63) is 46.3 Å². The maximum atomic E-state index is 13.3. The molecule has 0 saturated carbocycles. The maximum absolute atomic E-state index is 13.3. The molecule has 0 bridgehead atoms. The number of carbonyl (C=O) groups excluding carboxylic acids is 1. The van der Waals surface area contributed by atoms with E-state index in [9.17, 15) is 9.18 Å². The number of hydrogen-bond donors (Lipinski definition) is 0. The number of carbonyl (C=O) groups is 1. The summed E-state index contributed by atoms with van der Waals surface area (Å²) in [6, 6.07) is 6.83. The Labute approximate surface area is 140 Å². The van der Waals surface area contributed by atoms with Gasteiger partial charge in [0.2, 0.25) is 0 Å². The third kappa shape index (κ3) is 4.08. The predicted molar refractivity (Wildman–Crippen MR) is 90.5 cm³/mol. The van der Waals surface area contributed by atoms with E-state index in [1.165, 1.54) is 6.07 Å². The largest absolute Gasteiger partial charge is 0.496 e. The number of nitrogens with zero attached hydrogens (tertiary/aromatic N) is 1. The average Bonchev–Trinajstić information content (AvgIpc) is 2.55. The summed E-state index contributed by atoms with van der Waals surface area (Å²) in [6.07, 6.45) is 2.83. The number of likely N-dealkylation sites (tertiary alicyclic amines) is 1. The first kappa shape index (κ1) is 16.4. The molecule has 1 aromatic carbocycles. The molecule has 23 heavy (non-hydrogen) atoms. The monoisotopic (exact) mass is 335 g/mol. The Bertz CT molecular complexity index is 609. The molecule has 2 aliphatic heterocycles. The Morgan fingerprint density at radius 1 is 1.39 bits per heavy atom. The normalized spacial score (nSPS) is 19.7. The predicted octanol–water partition coefficient (Wildman–Crippen LogP) is 3.60. The van der Waals surface area contributed by atoms with Gasteiger partial charge in [-0.1, -0.05) is 12.1 Å². The van der Waals surface area contributed by atoms with Crippen molar-refractivity contribution in [2.45, 2.75) is 26.2 Å². The minimum atomic E-state index is -0.174. The Kier molecular flexibility index (Phi) is 5.26. The SMILES string of the molecule is CC1=C(C(=O)N2CCC(Cc3cccc(F)c3)CC2)SCCO1. The molecule has 1 saturated heterocycles. The standard InChI is InChI=1S/C18H22FNO2S/c1-13-17(23-10-9-22-13)18(21)20-7-5-14(6-8-20)11-15-3-2-4-16(19)12-15/h2-4,12,14H,5-11H2,1H3. The van der Waals surface area contributed by atoms with Crippen molar-refractivity contribution < 1.29 is 13.9 Å². The van der Waals surface area contributed by atoms with Crippen molar-refractivity contribution in [2.75, 3.05) is 25.4 Å². The van der Waals surface area contributed by atoms with Crippen LogP contribution in [0.2, 0.25) is 0 Å². The van der Waals surface area contributed by atoms with Gasteiger partial charge in [0, 0.05) is 18.8 Å². The highest BCUT2D eigenvalue weighted by molar-refractivity contribution is 8.04. The first-order valence-electron chi connectivity index (χ1n) is 8.13. The zero-order valence-corrected chi connectivity index (χ0v) is 14.2. The smallest absolute Gasteiger partial charge is 0.263 e. The van der Waals surface area contributed by atoms with Crippen LogP contribution in [0.25, 0.3) is 0 Å². The highest BCUT2D eigenvalue weighted by Gasteiger charge is 2.28. The summed E-state index contributed by atoms with van der Waals surface area (Å²) in [6.45, 7) is 4.10.